The van der Waals surface area contributed by atoms with Crippen molar-refractivity contribution in [3.05, 3.63) is 0 Å². The molecule has 0 radical (unpaired) electrons. The third kappa shape index (κ3) is 7.09. The van der Waals surface area contributed by atoms with Crippen LogP contribution in [0.25, 0.3) is 0 Å². The topological polar surface area (TPSA) is 99.3 Å². The van der Waals surface area contributed by atoms with E-state index in [4.69, 9.17) is 17.2 Å². The summed E-state index contributed by atoms with van der Waals surface area (Å²) in [6, 6.07) is -0.708. The summed E-state index contributed by atoms with van der Waals surface area (Å²) in [6.45, 7) is -0.301. The minimum atomic E-state index is -5.56. The van der Waals surface area contributed by atoms with Gasteiger partial charge in [0.25, 0.3) is 0 Å². The maximum Gasteiger partial charge on any atom is 0.425 e. The molecule has 7 N–H and O–H groups in total. The van der Waals surface area contributed by atoms with Crippen LogP contribution in [-0.2, 0) is 4.74 Å². The van der Waals surface area contributed by atoms with Crippen LogP contribution < -0.4 is 22.5 Å². The van der Waals surface area contributed by atoms with E-state index in [2.05, 4.69) is 10.1 Å². The first kappa shape index (κ1) is 21.4. The zero-order valence-electron chi connectivity index (χ0n) is 11.9. The van der Waals surface area contributed by atoms with Gasteiger partial charge in [-0.3, -0.25) is 0 Å². The second kappa shape index (κ2) is 9.50. The maximum atomic E-state index is 12.8. The third-order valence-electron chi connectivity index (χ3n) is 2.80. The van der Waals surface area contributed by atoms with Crippen molar-refractivity contribution in [1.29, 1.82) is 0 Å². The van der Waals surface area contributed by atoms with E-state index in [1.165, 1.54) is 0 Å². The zero-order chi connectivity index (χ0) is 17.4. The number of hydrogen-bond acceptors (Lipinski definition) is 5. The second-order valence-corrected chi connectivity index (χ2v) is 4.78. The molecule has 0 aromatic rings. The van der Waals surface area contributed by atoms with Gasteiger partial charge in [0.1, 0.15) is 0 Å². The highest BCUT2D eigenvalue weighted by molar-refractivity contribution is 4.80. The van der Waals surface area contributed by atoms with Gasteiger partial charge in [-0.15, -0.1) is 0 Å². The minimum Gasteiger partial charge on any atom is -0.330 e. The summed E-state index contributed by atoms with van der Waals surface area (Å²) in [6.07, 6.45) is -9.14. The Hall–Kier alpha value is -0.620. The van der Waals surface area contributed by atoms with E-state index in [-0.39, 0.29) is 19.1 Å². The molecule has 0 saturated carbocycles. The summed E-state index contributed by atoms with van der Waals surface area (Å²) in [5, 5.41) is 2.80. The molecule has 22 heavy (non-hydrogen) atoms. The zero-order valence-corrected chi connectivity index (χ0v) is 11.9. The molecule has 0 bridgehead atoms. The normalized spacial score (nSPS) is 16.1. The van der Waals surface area contributed by atoms with Crippen LogP contribution >= 0.6 is 0 Å². The van der Waals surface area contributed by atoms with E-state index >= 15 is 0 Å². The number of hydrogen-bond donors (Lipinski definition) is 4. The highest BCUT2D eigenvalue weighted by atomic mass is 19.3. The first-order chi connectivity index (χ1) is 10.0. The highest BCUT2D eigenvalue weighted by Crippen LogP contribution is 2.39. The molecule has 134 valence electrons. The fraction of sp³-hybridized carbons (Fsp3) is 1.00. The van der Waals surface area contributed by atoms with E-state index in [9.17, 15) is 26.3 Å². The standard InChI is InChI=1S/C11H22F6N4O/c12-9(13)10(14,15)11(16,17)22-5-3-7(19)6-21-8(20)2-1-4-18/h7-9,21H,1-6,18-20H2. The Balaban J connectivity index is 4.04. The molecule has 5 nitrogen and oxygen atoms in total. The summed E-state index contributed by atoms with van der Waals surface area (Å²) in [7, 11) is 0. The SMILES string of the molecule is NCCCC(N)NCC(N)CCOC(F)(F)C(F)(F)C(F)F. The molecular weight excluding hydrogens is 318 g/mol. The predicted octanol–water partition coefficient (Wildman–Crippen LogP) is 0.827. The van der Waals surface area contributed by atoms with Crippen LogP contribution in [0, 0.1) is 0 Å². The molecule has 0 aromatic carbocycles. The maximum absolute atomic E-state index is 12.8. The Kier molecular flexibility index (Phi) is 9.24. The quantitative estimate of drug-likeness (QED) is 0.311. The lowest BCUT2D eigenvalue weighted by Crippen LogP contribution is -2.49. The van der Waals surface area contributed by atoms with Crippen molar-refractivity contribution in [2.24, 2.45) is 17.2 Å². The molecule has 0 spiro atoms. The van der Waals surface area contributed by atoms with Gasteiger partial charge in [-0.25, -0.2) is 8.78 Å². The van der Waals surface area contributed by atoms with Gasteiger partial charge in [-0.2, -0.15) is 17.6 Å². The molecule has 0 aliphatic heterocycles. The first-order valence-corrected chi connectivity index (χ1v) is 6.67. The summed E-state index contributed by atoms with van der Waals surface area (Å²) >= 11 is 0. The molecular formula is C11H22F6N4O. The van der Waals surface area contributed by atoms with Gasteiger partial charge in [0.15, 0.2) is 0 Å². The number of rotatable bonds is 12. The minimum absolute atomic E-state index is 0.131. The second-order valence-electron chi connectivity index (χ2n) is 4.78. The smallest absolute Gasteiger partial charge is 0.330 e. The average Bonchev–Trinajstić information content (AvgIpc) is 2.42. The van der Waals surface area contributed by atoms with Crippen LogP contribution in [0.1, 0.15) is 19.3 Å². The molecule has 0 aliphatic rings. The molecule has 0 saturated heterocycles. The van der Waals surface area contributed by atoms with Crippen LogP contribution in [0.2, 0.25) is 0 Å². The number of halogens is 6. The van der Waals surface area contributed by atoms with Crippen LogP contribution in [-0.4, -0.2) is 50.4 Å². The summed E-state index contributed by atoms with van der Waals surface area (Å²) in [5.74, 6) is -5.56. The van der Waals surface area contributed by atoms with E-state index in [0.717, 1.165) is 0 Å². The molecule has 0 amide bonds. The number of nitrogens with two attached hydrogens (primary N) is 3. The Morgan fingerprint density at radius 3 is 2.14 bits per heavy atom. The van der Waals surface area contributed by atoms with Crippen LogP contribution in [0.3, 0.4) is 0 Å². The molecule has 0 aliphatic carbocycles. The molecule has 0 aromatic heterocycles. The lowest BCUT2D eigenvalue weighted by Gasteiger charge is -2.26. The first-order valence-electron chi connectivity index (χ1n) is 6.67. The molecule has 0 fully saturated rings. The molecule has 0 heterocycles. The van der Waals surface area contributed by atoms with Crippen LogP contribution in [0.5, 0.6) is 0 Å². The van der Waals surface area contributed by atoms with Gasteiger partial charge < -0.3 is 27.3 Å². The Bertz CT molecular complexity index is 308. The van der Waals surface area contributed by atoms with Crippen molar-refractivity contribution in [2.75, 3.05) is 19.7 Å². The van der Waals surface area contributed by atoms with Gasteiger partial charge in [0.05, 0.1) is 12.8 Å². The fourth-order valence-electron chi connectivity index (χ4n) is 1.41. The van der Waals surface area contributed by atoms with Crippen molar-refractivity contribution in [3.63, 3.8) is 0 Å². The van der Waals surface area contributed by atoms with Gasteiger partial charge >= 0.3 is 18.5 Å². The monoisotopic (exact) mass is 340 g/mol. The van der Waals surface area contributed by atoms with E-state index in [1.54, 1.807) is 0 Å². The summed E-state index contributed by atoms with van der Waals surface area (Å²) < 4.78 is 77.9. The fourth-order valence-corrected chi connectivity index (χ4v) is 1.41. The summed E-state index contributed by atoms with van der Waals surface area (Å²) in [4.78, 5) is 0. The van der Waals surface area contributed by atoms with Gasteiger partial charge in [-0.1, -0.05) is 0 Å². The molecule has 11 heteroatoms. The highest BCUT2D eigenvalue weighted by Gasteiger charge is 2.64. The van der Waals surface area contributed by atoms with Gasteiger partial charge in [0, 0.05) is 12.6 Å². The van der Waals surface area contributed by atoms with Crippen molar-refractivity contribution < 1.29 is 31.1 Å². The van der Waals surface area contributed by atoms with Crippen molar-refractivity contribution in [3.8, 4) is 0 Å². The number of alkyl halides is 6. The lowest BCUT2D eigenvalue weighted by molar-refractivity contribution is -0.374. The van der Waals surface area contributed by atoms with E-state index < -0.39 is 31.1 Å². The number of nitrogens with one attached hydrogen (secondary N) is 1. The van der Waals surface area contributed by atoms with E-state index in [1.807, 2.05) is 0 Å². The largest absolute Gasteiger partial charge is 0.425 e. The summed E-state index contributed by atoms with van der Waals surface area (Å²) in [5.41, 5.74) is 16.5. The van der Waals surface area contributed by atoms with Crippen LogP contribution in [0.15, 0.2) is 0 Å². The Morgan fingerprint density at radius 1 is 1.05 bits per heavy atom. The van der Waals surface area contributed by atoms with Gasteiger partial charge in [-0.05, 0) is 25.8 Å². The van der Waals surface area contributed by atoms with Crippen molar-refractivity contribution in [2.45, 2.75) is 49.9 Å². The van der Waals surface area contributed by atoms with Crippen molar-refractivity contribution >= 4 is 0 Å². The van der Waals surface area contributed by atoms with Gasteiger partial charge in [0.2, 0.25) is 0 Å². The molecule has 2 atom stereocenters. The molecule has 2 unspecified atom stereocenters. The predicted molar refractivity (Wildman–Crippen MR) is 68.7 cm³/mol. The Labute approximate surface area is 124 Å². The van der Waals surface area contributed by atoms with Crippen LogP contribution in [0.4, 0.5) is 26.3 Å². The lowest BCUT2D eigenvalue weighted by atomic mass is 10.2. The third-order valence-corrected chi connectivity index (χ3v) is 2.80. The molecule has 0 rings (SSSR count). The Morgan fingerprint density at radius 2 is 1.64 bits per heavy atom. The van der Waals surface area contributed by atoms with Crippen molar-refractivity contribution in [1.82, 2.24) is 5.32 Å². The van der Waals surface area contributed by atoms with E-state index in [0.29, 0.717) is 19.4 Å². The average molecular weight is 340 g/mol. The number of ether oxygens (including phenoxy) is 1.